The van der Waals surface area contributed by atoms with Gasteiger partial charge in [0.05, 0.1) is 17.6 Å². The van der Waals surface area contributed by atoms with Crippen molar-refractivity contribution in [2.45, 2.75) is 30.2 Å². The molecule has 1 saturated carbocycles. The Morgan fingerprint density at radius 1 is 1.38 bits per heavy atom. The van der Waals surface area contributed by atoms with Crippen molar-refractivity contribution in [3.63, 3.8) is 0 Å². The van der Waals surface area contributed by atoms with Crippen molar-refractivity contribution in [1.82, 2.24) is 20.3 Å². The first-order valence-corrected chi connectivity index (χ1v) is 8.10. The minimum atomic E-state index is -4.71. The molecule has 21 heavy (non-hydrogen) atoms. The third kappa shape index (κ3) is 3.64. The van der Waals surface area contributed by atoms with E-state index in [2.05, 4.69) is 15.6 Å². The number of benzene rings is 1. The van der Waals surface area contributed by atoms with Gasteiger partial charge in [-0.1, -0.05) is 11.3 Å². The number of halogens is 1. The lowest BCUT2D eigenvalue weighted by Gasteiger charge is -2.01. The lowest BCUT2D eigenvalue weighted by atomic mass is 10.3. The van der Waals surface area contributed by atoms with Gasteiger partial charge in [0.25, 0.3) is 0 Å². The summed E-state index contributed by atoms with van der Waals surface area (Å²) in [6.45, 7) is 0.836. The second-order valence-corrected chi connectivity index (χ2v) is 6.42. The van der Waals surface area contributed by atoms with Gasteiger partial charge in [0.2, 0.25) is 0 Å². The van der Waals surface area contributed by atoms with Gasteiger partial charge in [-0.3, -0.25) is 0 Å². The predicted molar refractivity (Wildman–Crippen MR) is 74.4 cm³/mol. The fourth-order valence-electron chi connectivity index (χ4n) is 2.01. The molecule has 0 saturated heterocycles. The Morgan fingerprint density at radius 2 is 2.19 bits per heavy atom. The SMILES string of the molecule is O=S(=O)(F)c1cccc(-n2cc(CCNC3CC3)nn2)c1. The minimum absolute atomic E-state index is 0.382. The maximum absolute atomic E-state index is 13.0. The smallest absolute Gasteiger partial charge is 0.314 e. The molecular formula is C13H15FN4O2S. The van der Waals surface area contributed by atoms with Crippen LogP contribution in [0.15, 0.2) is 35.4 Å². The van der Waals surface area contributed by atoms with E-state index in [-0.39, 0.29) is 4.90 Å². The highest BCUT2D eigenvalue weighted by Gasteiger charge is 2.19. The van der Waals surface area contributed by atoms with Crippen LogP contribution in [0.4, 0.5) is 3.89 Å². The van der Waals surface area contributed by atoms with Crippen LogP contribution in [0.3, 0.4) is 0 Å². The number of aromatic nitrogens is 3. The van der Waals surface area contributed by atoms with Crippen LogP contribution in [0.25, 0.3) is 5.69 Å². The predicted octanol–water partition coefficient (Wildman–Crippen LogP) is 1.22. The van der Waals surface area contributed by atoms with Crippen molar-refractivity contribution < 1.29 is 12.3 Å². The van der Waals surface area contributed by atoms with E-state index < -0.39 is 10.2 Å². The summed E-state index contributed by atoms with van der Waals surface area (Å²) in [4.78, 5) is -0.382. The number of nitrogens with zero attached hydrogens (tertiary/aromatic N) is 3. The van der Waals surface area contributed by atoms with E-state index in [0.717, 1.165) is 18.7 Å². The minimum Gasteiger partial charge on any atom is -0.314 e. The van der Waals surface area contributed by atoms with Crippen LogP contribution < -0.4 is 5.32 Å². The summed E-state index contributed by atoms with van der Waals surface area (Å²) < 4.78 is 36.3. The monoisotopic (exact) mass is 310 g/mol. The Labute approximate surface area is 122 Å². The molecule has 0 aliphatic heterocycles. The van der Waals surface area contributed by atoms with Crippen LogP contribution in [0.1, 0.15) is 18.5 Å². The molecule has 0 spiro atoms. The molecule has 8 heteroatoms. The second kappa shape index (κ2) is 5.53. The Morgan fingerprint density at radius 3 is 2.90 bits per heavy atom. The molecule has 1 fully saturated rings. The molecule has 1 aliphatic carbocycles. The molecule has 1 aromatic carbocycles. The van der Waals surface area contributed by atoms with E-state index >= 15 is 0 Å². The van der Waals surface area contributed by atoms with Crippen LogP contribution in [-0.4, -0.2) is 36.0 Å². The van der Waals surface area contributed by atoms with Gasteiger partial charge in [-0.05, 0) is 31.0 Å². The van der Waals surface area contributed by atoms with E-state index in [0.29, 0.717) is 11.7 Å². The van der Waals surface area contributed by atoms with Gasteiger partial charge in [0.1, 0.15) is 4.90 Å². The Bertz CT molecular complexity index is 740. The summed E-state index contributed by atoms with van der Waals surface area (Å²) in [7, 11) is -4.71. The molecule has 1 aliphatic rings. The quantitative estimate of drug-likeness (QED) is 0.812. The van der Waals surface area contributed by atoms with Crippen molar-refractivity contribution in [2.75, 3.05) is 6.54 Å². The van der Waals surface area contributed by atoms with Crippen LogP contribution in [-0.2, 0) is 16.6 Å². The molecule has 0 bridgehead atoms. The molecule has 1 heterocycles. The van der Waals surface area contributed by atoms with Crippen molar-refractivity contribution >= 4 is 10.2 Å². The zero-order valence-corrected chi connectivity index (χ0v) is 12.1. The summed E-state index contributed by atoms with van der Waals surface area (Å²) in [6, 6.07) is 6.20. The standard InChI is InChI=1S/C13H15FN4O2S/c14-21(19,20)13-3-1-2-12(8-13)18-9-11(16-17-18)6-7-15-10-4-5-10/h1-3,8-10,15H,4-7H2. The number of hydrogen-bond acceptors (Lipinski definition) is 5. The first-order chi connectivity index (χ1) is 10.0. The summed E-state index contributed by atoms with van der Waals surface area (Å²) in [5.74, 6) is 0. The van der Waals surface area contributed by atoms with Crippen molar-refractivity contribution in [2.24, 2.45) is 0 Å². The number of hydrogen-bond donors (Lipinski definition) is 1. The normalized spacial score (nSPS) is 15.3. The average Bonchev–Trinajstić information content (AvgIpc) is 3.14. The summed E-state index contributed by atoms with van der Waals surface area (Å²) in [6.07, 6.45) is 4.94. The molecule has 6 nitrogen and oxygen atoms in total. The molecule has 3 rings (SSSR count). The summed E-state index contributed by atoms with van der Waals surface area (Å²) >= 11 is 0. The summed E-state index contributed by atoms with van der Waals surface area (Å²) in [5, 5.41) is 11.4. The molecule has 0 unspecified atom stereocenters. The van der Waals surface area contributed by atoms with Crippen molar-refractivity contribution in [3.8, 4) is 5.69 Å². The fraction of sp³-hybridized carbons (Fsp3) is 0.385. The molecule has 0 amide bonds. The molecule has 2 aromatic rings. The largest absolute Gasteiger partial charge is 0.332 e. The van der Waals surface area contributed by atoms with Crippen molar-refractivity contribution in [3.05, 3.63) is 36.2 Å². The van der Waals surface area contributed by atoms with Crippen LogP contribution in [0.5, 0.6) is 0 Å². The van der Waals surface area contributed by atoms with Gasteiger partial charge < -0.3 is 5.32 Å². The highest BCUT2D eigenvalue weighted by atomic mass is 32.3. The molecule has 0 atom stereocenters. The van der Waals surface area contributed by atoms with Gasteiger partial charge in [-0.2, -0.15) is 8.42 Å². The topological polar surface area (TPSA) is 76.9 Å². The third-order valence-corrected chi connectivity index (χ3v) is 4.11. The van der Waals surface area contributed by atoms with Gasteiger partial charge in [0, 0.05) is 19.0 Å². The Hall–Kier alpha value is -1.80. The highest BCUT2D eigenvalue weighted by molar-refractivity contribution is 7.86. The average molecular weight is 310 g/mol. The van der Waals surface area contributed by atoms with Crippen LogP contribution in [0, 0.1) is 0 Å². The van der Waals surface area contributed by atoms with Gasteiger partial charge in [-0.15, -0.1) is 8.98 Å². The summed E-state index contributed by atoms with van der Waals surface area (Å²) in [5.41, 5.74) is 1.26. The first kappa shape index (κ1) is 14.2. The van der Waals surface area contributed by atoms with E-state index in [1.807, 2.05) is 0 Å². The van der Waals surface area contributed by atoms with E-state index in [1.54, 1.807) is 12.3 Å². The fourth-order valence-corrected chi connectivity index (χ4v) is 2.51. The van der Waals surface area contributed by atoms with Gasteiger partial charge in [-0.25, -0.2) is 4.68 Å². The second-order valence-electron chi connectivity index (χ2n) is 5.07. The van der Waals surface area contributed by atoms with E-state index in [4.69, 9.17) is 0 Å². The molecule has 0 radical (unpaired) electrons. The molecule has 1 aromatic heterocycles. The van der Waals surface area contributed by atoms with Crippen LogP contribution >= 0.6 is 0 Å². The lowest BCUT2D eigenvalue weighted by molar-refractivity contribution is 0.552. The Balaban J connectivity index is 1.72. The van der Waals surface area contributed by atoms with Crippen LogP contribution in [0.2, 0.25) is 0 Å². The molecule has 1 N–H and O–H groups in total. The van der Waals surface area contributed by atoms with Crippen molar-refractivity contribution in [1.29, 1.82) is 0 Å². The van der Waals surface area contributed by atoms with Gasteiger partial charge in [0.15, 0.2) is 0 Å². The molecular weight excluding hydrogens is 295 g/mol. The zero-order valence-electron chi connectivity index (χ0n) is 11.2. The van der Waals surface area contributed by atoms with Gasteiger partial charge >= 0.3 is 10.2 Å². The lowest BCUT2D eigenvalue weighted by Crippen LogP contribution is -2.19. The Kier molecular flexibility index (Phi) is 3.73. The number of nitrogens with one attached hydrogen (secondary N) is 1. The maximum atomic E-state index is 13.0. The third-order valence-electron chi connectivity index (χ3n) is 3.30. The van der Waals surface area contributed by atoms with E-state index in [1.165, 1.54) is 35.7 Å². The highest BCUT2D eigenvalue weighted by Crippen LogP contribution is 2.18. The van der Waals surface area contributed by atoms with E-state index in [9.17, 15) is 12.3 Å². The zero-order chi connectivity index (χ0) is 14.9. The molecule has 112 valence electrons. The first-order valence-electron chi connectivity index (χ1n) is 6.72. The number of rotatable bonds is 6. The maximum Gasteiger partial charge on any atom is 0.332 e.